The first kappa shape index (κ1) is 93.9. The molecule has 8 rings (SSSR count). The molecular weight excluding hydrogens is 1330 g/mol. The van der Waals surface area contributed by atoms with Crippen molar-refractivity contribution < 1.29 is 140 Å². The van der Waals surface area contributed by atoms with Gasteiger partial charge in [0.2, 0.25) is 6.41 Å². The Kier molecular flexibility index (Phi) is 50.5. The van der Waals surface area contributed by atoms with Crippen LogP contribution in [0.3, 0.4) is 0 Å². The van der Waals surface area contributed by atoms with Crippen LogP contribution in [0.25, 0.3) is 0 Å². The van der Waals surface area contributed by atoms with Gasteiger partial charge < -0.3 is 77.9 Å². The van der Waals surface area contributed by atoms with E-state index >= 15 is 0 Å². The molecule has 2 saturated heterocycles. The van der Waals surface area contributed by atoms with Crippen LogP contribution in [-0.2, 0) is 115 Å². The van der Waals surface area contributed by atoms with E-state index in [9.17, 15) is 62.3 Å². The van der Waals surface area contributed by atoms with Crippen molar-refractivity contribution in [2.75, 3.05) is 59.3 Å². The van der Waals surface area contributed by atoms with Crippen LogP contribution in [0.15, 0.2) is 18.3 Å². The number of aryl methyl sites for hydroxylation is 1. The predicted molar refractivity (Wildman–Crippen MR) is 349 cm³/mol. The minimum atomic E-state index is -1.08. The van der Waals surface area contributed by atoms with Gasteiger partial charge >= 0.3 is 77.8 Å². The summed E-state index contributed by atoms with van der Waals surface area (Å²) in [6.45, 7) is 16.9. The second-order valence-electron chi connectivity index (χ2n) is 20.2. The number of carboxylic acid groups (broad SMARTS) is 3. The maximum absolute atomic E-state index is 12.3. The molecule has 0 aromatic carbocycles. The molecule has 0 radical (unpaired) electrons. The molecule has 542 valence electrons. The summed E-state index contributed by atoms with van der Waals surface area (Å²) in [6, 6.07) is 2.47. The number of esters is 7. The Morgan fingerprint density at radius 1 is 0.592 bits per heavy atom. The maximum atomic E-state index is 12.3. The van der Waals surface area contributed by atoms with E-state index in [1.165, 1.54) is 23.8 Å². The van der Waals surface area contributed by atoms with Gasteiger partial charge in [-0.1, -0.05) is 25.4 Å². The van der Waals surface area contributed by atoms with E-state index in [2.05, 4.69) is 25.8 Å². The molecule has 33 heteroatoms. The molecule has 0 bridgehead atoms. The average Bonchev–Trinajstić information content (AvgIpc) is 1.62. The third-order valence-corrected chi connectivity index (χ3v) is 14.5. The summed E-state index contributed by atoms with van der Waals surface area (Å²) in [4.78, 5) is 154. The topological polar surface area (TPSA) is 424 Å². The number of halogens is 2. The summed E-state index contributed by atoms with van der Waals surface area (Å²) in [5, 5.41) is 25.8. The van der Waals surface area contributed by atoms with Gasteiger partial charge in [-0.15, -0.1) is 6.42 Å². The Hall–Kier alpha value is -8.32. The number of aromatic nitrogens is 3. The molecule has 8 heterocycles. The second-order valence-corrected chi connectivity index (χ2v) is 20.9. The van der Waals surface area contributed by atoms with Crippen molar-refractivity contribution >= 4 is 107 Å². The predicted octanol–water partition coefficient (Wildman–Crippen LogP) is 4.11. The number of carbonyl (C=O) groups excluding carboxylic acids is 11. The smallest absolute Gasteiger partial charge is 0.870 e. The quantitative estimate of drug-likeness (QED) is 0.0160. The fourth-order valence-corrected chi connectivity index (χ4v) is 10.3. The number of Topliss-reactive ketones (excluding diaryl/α,β-unsaturated/α-hetero) is 2. The van der Waals surface area contributed by atoms with Crippen molar-refractivity contribution in [3.63, 3.8) is 0 Å². The average molecular weight is 1420 g/mol. The van der Waals surface area contributed by atoms with E-state index in [4.69, 9.17) is 67.0 Å². The number of piperidine rings is 2. The van der Waals surface area contributed by atoms with Crippen molar-refractivity contribution in [2.45, 2.75) is 184 Å². The molecule has 3 aromatic heterocycles. The van der Waals surface area contributed by atoms with Crippen LogP contribution >= 0.6 is 23.2 Å². The molecule has 5 aliphatic heterocycles. The van der Waals surface area contributed by atoms with E-state index in [1.54, 1.807) is 56.6 Å². The van der Waals surface area contributed by atoms with Gasteiger partial charge in [-0.3, -0.25) is 28.8 Å². The van der Waals surface area contributed by atoms with Gasteiger partial charge in [0.25, 0.3) is 18.0 Å². The Bertz CT molecular complexity index is 3130. The van der Waals surface area contributed by atoms with Gasteiger partial charge in [0.1, 0.15) is 17.8 Å². The van der Waals surface area contributed by atoms with Crippen LogP contribution in [0.4, 0.5) is 0 Å². The summed E-state index contributed by atoms with van der Waals surface area (Å²) in [6.07, 6.45) is 20.9. The minimum Gasteiger partial charge on any atom is -0.870 e. The number of hydrogen-bond donors (Lipinski definition) is 4. The fraction of sp³-hybridized carbons (Fsp3) is 0.569. The second kappa shape index (κ2) is 52.8. The summed E-state index contributed by atoms with van der Waals surface area (Å²) in [5.74, 6) is -5.98. The molecule has 0 spiro atoms. The van der Waals surface area contributed by atoms with Gasteiger partial charge in [0.05, 0.1) is 73.7 Å². The first-order chi connectivity index (χ1) is 45.4. The third-order valence-electron chi connectivity index (χ3n) is 14.0. The van der Waals surface area contributed by atoms with E-state index in [1.807, 2.05) is 19.2 Å². The fourth-order valence-electron chi connectivity index (χ4n) is 9.91. The van der Waals surface area contributed by atoms with Crippen molar-refractivity contribution in [3.05, 3.63) is 68.5 Å². The molecule has 5 aliphatic rings. The van der Waals surface area contributed by atoms with E-state index in [0.717, 1.165) is 94.2 Å². The number of rotatable bonds is 18. The largest absolute Gasteiger partial charge is 1.00 e. The summed E-state index contributed by atoms with van der Waals surface area (Å²) >= 11 is 10.9. The molecule has 0 aliphatic carbocycles. The number of hydrogen-bond acceptors (Lipinski definition) is 23. The molecule has 2 atom stereocenters. The molecule has 0 saturated carbocycles. The monoisotopic (exact) mass is 1420 g/mol. The van der Waals surface area contributed by atoms with Crippen LogP contribution in [0.2, 0.25) is 5.02 Å². The van der Waals surface area contributed by atoms with Crippen molar-refractivity contribution in [1.29, 1.82) is 0 Å². The zero-order valence-corrected chi connectivity index (χ0v) is 57.6. The zero-order valence-electron chi connectivity index (χ0n) is 56.1. The molecule has 98 heavy (non-hydrogen) atoms. The number of ketones is 2. The van der Waals surface area contributed by atoms with E-state index in [-0.39, 0.29) is 105 Å². The number of aliphatic carboxylic acids is 2. The molecule has 5 N–H and O–H groups in total. The maximum Gasteiger partial charge on any atom is 1.00 e. The number of amides is 1. The molecule has 2 fully saturated rings. The zero-order chi connectivity index (χ0) is 71.6. The number of likely N-dealkylation sites (tertiary alicyclic amines) is 1. The van der Waals surface area contributed by atoms with Gasteiger partial charge in [0.15, 0.2) is 0 Å². The number of nitrogens with one attached hydrogen (secondary N) is 1. The van der Waals surface area contributed by atoms with Crippen LogP contribution in [0, 0.1) is 12.3 Å². The molecule has 1 amide bonds. The standard InChI is InChI=1S/C15H18ClNO5.C15H19NO5.C11H15NO2.C7H11NO3.C6H11NO2.C5H6O2.C4H5ClO3.CH2O2.CH4.Li.H2O/c1-3-21-14(19)10-9-7-5-6-8-17(9)12(11(10)16)13(18)15(20)22-4-2;1-3-20-14(18)10-9-12(13(17)15(19)21-4-2)16-8-6-5-7-11(10)16;1-2-14-11(13)9-6-8-12-7-4-3-5-10(9)12;9-5-8-4-2-1-3-6(8)7(10)11;8-6(9)5-3-1-2-4-7-5;1-3-5(6)7-4-2;1-2-8-4(7)3(5)6;2-1-3;;;/h3-8H2,1-2H3;9H,3-8H2,1-2H3;6,8H,2-5,7H2,1H3;5-6H,1-4H2,(H,10,11);5,7H,1-4H2,(H,8,9);1H,4H2,2H3;2H2,1H3;1H,(H,2,3);1H4;;1H2/q;;;;;;;;;+1;/p-1. The van der Waals surface area contributed by atoms with Crippen LogP contribution < -0.4 is 24.2 Å². The number of nitrogens with zero attached hydrogens (tertiary/aromatic N) is 4. The number of carbonyl (C=O) groups is 14. The molecule has 30 nitrogen and oxygen atoms in total. The van der Waals surface area contributed by atoms with Crippen molar-refractivity contribution in [3.8, 4) is 12.3 Å². The third kappa shape index (κ3) is 31.0. The number of carboxylic acids is 2. The van der Waals surface area contributed by atoms with E-state index in [0.29, 0.717) is 69.8 Å². The normalized spacial score (nSPS) is 14.6. The Balaban J connectivity index is -0.00000110. The van der Waals surface area contributed by atoms with Crippen molar-refractivity contribution in [2.24, 2.45) is 0 Å². The van der Waals surface area contributed by atoms with Crippen LogP contribution in [0.1, 0.15) is 202 Å². The number of ether oxygens (including phenoxy) is 7. The summed E-state index contributed by atoms with van der Waals surface area (Å²) in [7, 11) is 0. The molecule has 3 aromatic rings. The first-order valence-electron chi connectivity index (χ1n) is 31.1. The van der Waals surface area contributed by atoms with Crippen LogP contribution in [-0.4, -0.2) is 194 Å². The number of terminal acetylenes is 1. The van der Waals surface area contributed by atoms with Gasteiger partial charge in [-0.05, 0) is 169 Å². The summed E-state index contributed by atoms with van der Waals surface area (Å²) in [5.41, 5.74) is 4.14. The van der Waals surface area contributed by atoms with Crippen LogP contribution in [0.5, 0.6) is 0 Å². The van der Waals surface area contributed by atoms with Gasteiger partial charge in [-0.25, -0.2) is 38.4 Å². The van der Waals surface area contributed by atoms with Gasteiger partial charge in [0, 0.05) is 55.4 Å². The molecule has 2 unspecified atom stereocenters. The Morgan fingerprint density at radius 2 is 1.06 bits per heavy atom. The minimum absolute atomic E-state index is 0. The van der Waals surface area contributed by atoms with Crippen molar-refractivity contribution in [1.82, 2.24) is 23.9 Å². The van der Waals surface area contributed by atoms with Gasteiger partial charge in [-0.2, -0.15) is 0 Å². The van der Waals surface area contributed by atoms with E-state index < -0.39 is 70.6 Å². The first-order valence-corrected chi connectivity index (χ1v) is 31.9. The summed E-state index contributed by atoms with van der Waals surface area (Å²) < 4.78 is 38.6. The molecular formula is C65H92Cl2LiN5O25. The Labute approximate surface area is 591 Å². The Morgan fingerprint density at radius 3 is 1.51 bits per heavy atom. The SMILES string of the molecule is C.C#CC(=O)OCC.CCOC(=O)C(=O)Cl.CCOC(=O)C(=O)c1c(Cl)c(C(=O)OCC)c2n1CCCC2.CCOC(=O)C(=O)c1cc(C(=O)OCC)c2n1CCCC2.CCOC(=O)c1ccn2c1CCCC2.O=C(O)C1CCCCN1.O=CN1CCCCC1C(=O)O.O=CO.[Li+].[OH-]. The number of fused-ring (bicyclic) bond motifs is 3.